The first kappa shape index (κ1) is 12.4. The molecule has 2 N–H and O–H groups in total. The molecule has 1 saturated carbocycles. The fourth-order valence-electron chi connectivity index (χ4n) is 1.65. The zero-order valence-corrected chi connectivity index (χ0v) is 10.8. The highest BCUT2D eigenvalue weighted by Crippen LogP contribution is 2.36. The first-order valence-electron chi connectivity index (χ1n) is 5.29. The second kappa shape index (κ2) is 4.34. The summed E-state index contributed by atoms with van der Waals surface area (Å²) in [6.07, 6.45) is 2.34. The summed E-state index contributed by atoms with van der Waals surface area (Å²) in [6.45, 7) is 2.76. The van der Waals surface area contributed by atoms with Gasteiger partial charge >= 0.3 is 0 Å². The van der Waals surface area contributed by atoms with Gasteiger partial charge in [0.15, 0.2) is 0 Å². The van der Waals surface area contributed by atoms with E-state index < -0.39 is 9.05 Å². The normalized spacial score (nSPS) is 23.4. The number of rotatable bonds is 4. The predicted octanol–water partition coefficient (Wildman–Crippen LogP) is 1.33. The molecule has 5 nitrogen and oxygen atoms in total. The Labute approximate surface area is 104 Å². The highest BCUT2D eigenvalue weighted by molar-refractivity contribution is 8.13. The Hall–Kier alpha value is -1.01. The number of amides is 1. The molecule has 1 aromatic rings. The molecule has 7 heteroatoms. The molecule has 2 rings (SSSR count). The fourth-order valence-corrected chi connectivity index (χ4v) is 2.37. The van der Waals surface area contributed by atoms with Crippen LogP contribution in [0.4, 0.5) is 0 Å². The van der Waals surface area contributed by atoms with Crippen molar-refractivity contribution in [3.8, 4) is 0 Å². The van der Waals surface area contributed by atoms with E-state index in [1.807, 2.05) is 0 Å². The maximum Gasteiger partial charge on any atom is 0.267 e. The Balaban J connectivity index is 1.97. The van der Waals surface area contributed by atoms with Crippen molar-refractivity contribution < 1.29 is 13.2 Å². The van der Waals surface area contributed by atoms with Gasteiger partial charge < -0.3 is 10.3 Å². The van der Waals surface area contributed by atoms with Gasteiger partial charge in [0.2, 0.25) is 0 Å². The van der Waals surface area contributed by atoms with E-state index in [1.165, 1.54) is 12.3 Å². The Morgan fingerprint density at radius 2 is 2.29 bits per heavy atom. The third-order valence-corrected chi connectivity index (χ3v) is 4.32. The quantitative estimate of drug-likeness (QED) is 0.814. The van der Waals surface area contributed by atoms with E-state index in [9.17, 15) is 13.2 Å². The minimum absolute atomic E-state index is 0.0934. The molecular weight excluding hydrogens is 264 g/mol. The lowest BCUT2D eigenvalue weighted by Gasteiger charge is -2.01. The number of hydrogen-bond acceptors (Lipinski definition) is 3. The van der Waals surface area contributed by atoms with Crippen molar-refractivity contribution in [3.05, 3.63) is 18.0 Å². The van der Waals surface area contributed by atoms with Gasteiger partial charge in [0.1, 0.15) is 10.6 Å². The summed E-state index contributed by atoms with van der Waals surface area (Å²) in [5.74, 6) is 0.901. The number of aromatic nitrogens is 1. The van der Waals surface area contributed by atoms with Crippen LogP contribution >= 0.6 is 10.7 Å². The van der Waals surface area contributed by atoms with Crippen LogP contribution < -0.4 is 5.32 Å². The molecule has 1 fully saturated rings. The fraction of sp³-hybridized carbons (Fsp3) is 0.500. The SMILES string of the molecule is CC1CC1CNC(=O)c1cc(S(=O)(=O)Cl)c[nH]1. The van der Waals surface area contributed by atoms with Gasteiger partial charge in [0, 0.05) is 23.4 Å². The van der Waals surface area contributed by atoms with Crippen LogP contribution in [-0.4, -0.2) is 25.9 Å². The average molecular weight is 277 g/mol. The molecule has 0 saturated heterocycles. The van der Waals surface area contributed by atoms with Crippen LogP contribution in [0.2, 0.25) is 0 Å². The van der Waals surface area contributed by atoms with E-state index >= 15 is 0 Å². The maximum absolute atomic E-state index is 11.6. The molecule has 2 unspecified atom stereocenters. The second-order valence-corrected chi connectivity index (χ2v) is 6.94. The van der Waals surface area contributed by atoms with Crippen molar-refractivity contribution in [1.29, 1.82) is 0 Å². The van der Waals surface area contributed by atoms with Crippen LogP contribution in [0.15, 0.2) is 17.2 Å². The standard InChI is InChI=1S/C10H13ClN2O3S/c1-6-2-7(6)4-13-10(14)9-3-8(5-12-9)17(11,15)16/h3,5-7,12H,2,4H2,1H3,(H,13,14). The molecule has 1 aromatic heterocycles. The molecule has 0 aromatic carbocycles. The number of aromatic amines is 1. The topological polar surface area (TPSA) is 79.0 Å². The lowest BCUT2D eigenvalue weighted by molar-refractivity contribution is 0.0947. The molecular formula is C10H13ClN2O3S. The summed E-state index contributed by atoms with van der Waals surface area (Å²) >= 11 is 0. The number of nitrogens with one attached hydrogen (secondary N) is 2. The Bertz CT molecular complexity index is 538. The highest BCUT2D eigenvalue weighted by Gasteiger charge is 2.32. The largest absolute Gasteiger partial charge is 0.356 e. The number of halogens is 1. The zero-order valence-electron chi connectivity index (χ0n) is 9.23. The van der Waals surface area contributed by atoms with Gasteiger partial charge in [-0.15, -0.1) is 0 Å². The minimum atomic E-state index is -3.78. The Morgan fingerprint density at radius 3 is 2.76 bits per heavy atom. The summed E-state index contributed by atoms with van der Waals surface area (Å²) in [4.78, 5) is 14.1. The lowest BCUT2D eigenvalue weighted by atomic mass is 10.3. The summed E-state index contributed by atoms with van der Waals surface area (Å²) in [5.41, 5.74) is 0.206. The van der Waals surface area contributed by atoms with Gasteiger partial charge in [-0.05, 0) is 24.3 Å². The zero-order chi connectivity index (χ0) is 12.6. The molecule has 1 aliphatic rings. The summed E-state index contributed by atoms with van der Waals surface area (Å²) in [5, 5.41) is 2.75. The van der Waals surface area contributed by atoms with Gasteiger partial charge in [-0.25, -0.2) is 8.42 Å². The molecule has 2 atom stereocenters. The van der Waals surface area contributed by atoms with Crippen molar-refractivity contribution in [2.45, 2.75) is 18.2 Å². The lowest BCUT2D eigenvalue weighted by Crippen LogP contribution is -2.26. The van der Waals surface area contributed by atoms with Crippen molar-refractivity contribution in [1.82, 2.24) is 10.3 Å². The molecule has 94 valence electrons. The van der Waals surface area contributed by atoms with E-state index in [0.29, 0.717) is 18.4 Å². The predicted molar refractivity (Wildman–Crippen MR) is 63.4 cm³/mol. The van der Waals surface area contributed by atoms with Gasteiger partial charge in [0.05, 0.1) is 0 Å². The molecule has 1 aliphatic carbocycles. The van der Waals surface area contributed by atoms with Crippen LogP contribution in [0.1, 0.15) is 23.8 Å². The Morgan fingerprint density at radius 1 is 1.65 bits per heavy atom. The van der Waals surface area contributed by atoms with Crippen molar-refractivity contribution in [2.24, 2.45) is 11.8 Å². The van der Waals surface area contributed by atoms with E-state index in [4.69, 9.17) is 10.7 Å². The summed E-state index contributed by atoms with van der Waals surface area (Å²) < 4.78 is 22.0. The van der Waals surface area contributed by atoms with Crippen LogP contribution in [0, 0.1) is 11.8 Å². The first-order chi connectivity index (χ1) is 7.88. The molecule has 0 bridgehead atoms. The van der Waals surface area contributed by atoms with Gasteiger partial charge in [-0.1, -0.05) is 6.92 Å². The van der Waals surface area contributed by atoms with Crippen LogP contribution in [0.25, 0.3) is 0 Å². The van der Waals surface area contributed by atoms with E-state index in [1.54, 1.807) is 0 Å². The molecule has 1 amide bonds. The van der Waals surface area contributed by atoms with Crippen molar-refractivity contribution >= 4 is 25.6 Å². The Kier molecular flexibility index (Phi) is 3.18. The van der Waals surface area contributed by atoms with Crippen LogP contribution in [-0.2, 0) is 9.05 Å². The first-order valence-corrected chi connectivity index (χ1v) is 7.60. The van der Waals surface area contributed by atoms with Gasteiger partial charge in [-0.2, -0.15) is 0 Å². The summed E-state index contributed by atoms with van der Waals surface area (Å²) in [7, 11) is 1.37. The highest BCUT2D eigenvalue weighted by atomic mass is 35.7. The third-order valence-electron chi connectivity index (χ3n) is 2.98. The summed E-state index contributed by atoms with van der Waals surface area (Å²) in [6, 6.07) is 1.23. The number of carbonyl (C=O) groups is 1. The van der Waals surface area contributed by atoms with Crippen molar-refractivity contribution in [2.75, 3.05) is 6.54 Å². The minimum Gasteiger partial charge on any atom is -0.356 e. The second-order valence-electron chi connectivity index (χ2n) is 4.37. The van der Waals surface area contributed by atoms with E-state index in [-0.39, 0.29) is 16.5 Å². The van der Waals surface area contributed by atoms with Gasteiger partial charge in [-0.3, -0.25) is 4.79 Å². The number of hydrogen-bond donors (Lipinski definition) is 2. The molecule has 0 spiro atoms. The van der Waals surface area contributed by atoms with E-state index in [2.05, 4.69) is 17.2 Å². The van der Waals surface area contributed by atoms with E-state index in [0.717, 1.165) is 6.42 Å². The number of carbonyl (C=O) groups excluding carboxylic acids is 1. The van der Waals surface area contributed by atoms with Gasteiger partial charge in [0.25, 0.3) is 15.0 Å². The van der Waals surface area contributed by atoms with Crippen LogP contribution in [0.5, 0.6) is 0 Å². The monoisotopic (exact) mass is 276 g/mol. The van der Waals surface area contributed by atoms with Crippen LogP contribution in [0.3, 0.4) is 0 Å². The number of H-pyrrole nitrogens is 1. The maximum atomic E-state index is 11.6. The average Bonchev–Trinajstić information content (AvgIpc) is 2.77. The molecule has 0 radical (unpaired) electrons. The molecule has 17 heavy (non-hydrogen) atoms. The third kappa shape index (κ3) is 3.01. The molecule has 1 heterocycles. The molecule has 0 aliphatic heterocycles. The smallest absolute Gasteiger partial charge is 0.267 e. The van der Waals surface area contributed by atoms with Crippen molar-refractivity contribution in [3.63, 3.8) is 0 Å².